The summed E-state index contributed by atoms with van der Waals surface area (Å²) in [7, 11) is 0. The van der Waals surface area contributed by atoms with E-state index < -0.39 is 0 Å². The number of benzene rings is 1. The molecule has 1 aromatic heterocycles. The van der Waals surface area contributed by atoms with Gasteiger partial charge in [-0.25, -0.2) is 4.79 Å². The zero-order valence-corrected chi connectivity index (χ0v) is 8.73. The van der Waals surface area contributed by atoms with Crippen LogP contribution >= 0.6 is 0 Å². The third-order valence-corrected chi connectivity index (χ3v) is 1.96. The molecule has 0 bridgehead atoms. The highest BCUT2D eigenvalue weighted by molar-refractivity contribution is 5.99. The first-order valence-electron chi connectivity index (χ1n) is 4.79. The summed E-state index contributed by atoms with van der Waals surface area (Å²) in [6.45, 7) is 1.96. The summed E-state index contributed by atoms with van der Waals surface area (Å²) in [6, 6.07) is 8.74. The molecule has 0 unspecified atom stereocenters. The summed E-state index contributed by atoms with van der Waals surface area (Å²) >= 11 is 0. The van der Waals surface area contributed by atoms with E-state index in [2.05, 4.69) is 20.3 Å². The monoisotopic (exact) mass is 217 g/mol. The molecular formula is C11H11N3O2. The van der Waals surface area contributed by atoms with Crippen molar-refractivity contribution in [2.75, 3.05) is 10.6 Å². The van der Waals surface area contributed by atoms with E-state index in [1.165, 1.54) is 6.26 Å². The number of aryl methyl sites for hydroxylation is 1. The lowest BCUT2D eigenvalue weighted by Gasteiger charge is -2.05. The van der Waals surface area contributed by atoms with Crippen LogP contribution in [0, 0.1) is 6.92 Å². The van der Waals surface area contributed by atoms with Gasteiger partial charge in [0.15, 0.2) is 5.82 Å². The third-order valence-electron chi connectivity index (χ3n) is 1.96. The van der Waals surface area contributed by atoms with Gasteiger partial charge in [-0.3, -0.25) is 5.32 Å². The Morgan fingerprint density at radius 1 is 1.31 bits per heavy atom. The van der Waals surface area contributed by atoms with Crippen molar-refractivity contribution < 1.29 is 9.32 Å². The van der Waals surface area contributed by atoms with Crippen molar-refractivity contribution in [2.24, 2.45) is 0 Å². The first-order chi connectivity index (χ1) is 7.74. The molecule has 0 saturated carbocycles. The molecule has 0 spiro atoms. The van der Waals surface area contributed by atoms with Crippen LogP contribution in [-0.4, -0.2) is 11.2 Å². The number of urea groups is 1. The van der Waals surface area contributed by atoms with Crippen LogP contribution in [0.5, 0.6) is 0 Å². The molecular weight excluding hydrogens is 206 g/mol. The van der Waals surface area contributed by atoms with Crippen molar-refractivity contribution >= 4 is 17.5 Å². The minimum absolute atomic E-state index is 0.348. The van der Waals surface area contributed by atoms with Crippen LogP contribution in [0.1, 0.15) is 5.56 Å². The molecule has 0 saturated heterocycles. The predicted octanol–water partition coefficient (Wildman–Crippen LogP) is 2.63. The first-order valence-corrected chi connectivity index (χ1v) is 4.79. The fourth-order valence-corrected chi connectivity index (χ4v) is 1.28. The van der Waals surface area contributed by atoms with Crippen LogP contribution in [0.15, 0.2) is 41.1 Å². The van der Waals surface area contributed by atoms with E-state index in [0.29, 0.717) is 5.82 Å². The van der Waals surface area contributed by atoms with E-state index in [1.54, 1.807) is 6.07 Å². The molecule has 0 fully saturated rings. The van der Waals surface area contributed by atoms with Crippen molar-refractivity contribution in [2.45, 2.75) is 6.92 Å². The molecule has 0 radical (unpaired) electrons. The molecule has 2 amide bonds. The molecule has 2 N–H and O–H groups in total. The number of carbonyl (C=O) groups is 1. The van der Waals surface area contributed by atoms with E-state index >= 15 is 0 Å². The molecule has 0 atom stereocenters. The maximum Gasteiger partial charge on any atom is 0.324 e. The fourth-order valence-electron chi connectivity index (χ4n) is 1.28. The van der Waals surface area contributed by atoms with Crippen molar-refractivity contribution in [1.82, 2.24) is 5.16 Å². The van der Waals surface area contributed by atoms with Gasteiger partial charge in [0, 0.05) is 11.8 Å². The van der Waals surface area contributed by atoms with Crippen molar-refractivity contribution in [3.63, 3.8) is 0 Å². The second-order valence-corrected chi connectivity index (χ2v) is 3.33. The maximum atomic E-state index is 11.5. The number of carbonyl (C=O) groups excluding carboxylic acids is 1. The van der Waals surface area contributed by atoms with E-state index in [9.17, 15) is 4.79 Å². The van der Waals surface area contributed by atoms with Gasteiger partial charge < -0.3 is 9.84 Å². The highest BCUT2D eigenvalue weighted by Crippen LogP contribution is 2.10. The number of rotatable bonds is 2. The van der Waals surface area contributed by atoms with Crippen molar-refractivity contribution in [1.29, 1.82) is 0 Å². The van der Waals surface area contributed by atoms with Crippen LogP contribution in [0.3, 0.4) is 0 Å². The molecule has 1 heterocycles. The smallest absolute Gasteiger partial charge is 0.324 e. The number of hydrogen-bond acceptors (Lipinski definition) is 3. The van der Waals surface area contributed by atoms with Crippen molar-refractivity contribution in [3.05, 3.63) is 42.2 Å². The molecule has 5 nitrogen and oxygen atoms in total. The molecule has 16 heavy (non-hydrogen) atoms. The topological polar surface area (TPSA) is 67.2 Å². The van der Waals surface area contributed by atoms with Gasteiger partial charge in [-0.2, -0.15) is 0 Å². The fraction of sp³-hybridized carbons (Fsp3) is 0.0909. The Morgan fingerprint density at radius 2 is 2.19 bits per heavy atom. The number of anilines is 2. The third kappa shape index (κ3) is 2.60. The largest absolute Gasteiger partial charge is 0.363 e. The molecule has 82 valence electrons. The summed E-state index contributed by atoms with van der Waals surface area (Å²) in [5.74, 6) is 0.380. The molecule has 5 heteroatoms. The molecule has 2 rings (SSSR count). The maximum absolute atomic E-state index is 11.5. The van der Waals surface area contributed by atoms with Crippen molar-refractivity contribution in [3.8, 4) is 0 Å². The van der Waals surface area contributed by atoms with Gasteiger partial charge in [-0.05, 0) is 24.6 Å². The van der Waals surface area contributed by atoms with E-state index in [4.69, 9.17) is 0 Å². The Bertz CT molecular complexity index is 480. The minimum Gasteiger partial charge on any atom is -0.363 e. The quantitative estimate of drug-likeness (QED) is 0.812. The summed E-state index contributed by atoms with van der Waals surface area (Å²) in [4.78, 5) is 11.5. The zero-order valence-electron chi connectivity index (χ0n) is 8.73. The lowest BCUT2D eigenvalue weighted by atomic mass is 10.2. The summed E-state index contributed by atoms with van der Waals surface area (Å²) < 4.78 is 4.59. The van der Waals surface area contributed by atoms with Crippen LogP contribution in [-0.2, 0) is 0 Å². The van der Waals surface area contributed by atoms with Gasteiger partial charge >= 0.3 is 6.03 Å². The number of hydrogen-bond donors (Lipinski definition) is 2. The van der Waals surface area contributed by atoms with Gasteiger partial charge in [0.2, 0.25) is 0 Å². The predicted molar refractivity (Wildman–Crippen MR) is 60.3 cm³/mol. The number of nitrogens with zero attached hydrogens (tertiary/aromatic N) is 1. The Morgan fingerprint density at radius 3 is 2.88 bits per heavy atom. The second-order valence-electron chi connectivity index (χ2n) is 3.33. The summed E-state index contributed by atoms with van der Waals surface area (Å²) in [5.41, 5.74) is 1.82. The van der Waals surface area contributed by atoms with E-state index in [0.717, 1.165) is 11.3 Å². The van der Waals surface area contributed by atoms with Gasteiger partial charge in [-0.15, -0.1) is 0 Å². The van der Waals surface area contributed by atoms with Gasteiger partial charge in [0.25, 0.3) is 0 Å². The van der Waals surface area contributed by atoms with Crippen LogP contribution < -0.4 is 10.6 Å². The molecule has 0 aliphatic rings. The van der Waals surface area contributed by atoms with Crippen LogP contribution in [0.4, 0.5) is 16.3 Å². The first kappa shape index (κ1) is 10.2. The number of nitrogens with one attached hydrogen (secondary N) is 2. The highest BCUT2D eigenvalue weighted by Gasteiger charge is 2.03. The lowest BCUT2D eigenvalue weighted by molar-refractivity contribution is 0.262. The normalized spacial score (nSPS) is 9.81. The van der Waals surface area contributed by atoms with Gasteiger partial charge in [0.1, 0.15) is 6.26 Å². The number of aromatic nitrogens is 1. The van der Waals surface area contributed by atoms with Gasteiger partial charge in [0.05, 0.1) is 0 Å². The van der Waals surface area contributed by atoms with Crippen LogP contribution in [0.25, 0.3) is 0 Å². The molecule has 1 aromatic carbocycles. The standard InChI is InChI=1S/C11H11N3O2/c1-8-3-2-4-9(7-8)12-11(15)13-10-5-6-16-14-10/h2-7H,1H3,(H2,12,13,14,15). The Balaban J connectivity index is 1.97. The SMILES string of the molecule is Cc1cccc(NC(=O)Nc2ccon2)c1. The average molecular weight is 217 g/mol. The molecule has 0 aliphatic carbocycles. The number of amides is 2. The summed E-state index contributed by atoms with van der Waals surface area (Å²) in [6.07, 6.45) is 1.39. The average Bonchev–Trinajstić information content (AvgIpc) is 2.70. The second kappa shape index (κ2) is 4.48. The van der Waals surface area contributed by atoms with Crippen LogP contribution in [0.2, 0.25) is 0 Å². The molecule has 2 aromatic rings. The Labute approximate surface area is 92.4 Å². The Hall–Kier alpha value is -2.30. The zero-order chi connectivity index (χ0) is 11.4. The molecule has 0 aliphatic heterocycles. The van der Waals surface area contributed by atoms with E-state index in [-0.39, 0.29) is 6.03 Å². The van der Waals surface area contributed by atoms with E-state index in [1.807, 2.05) is 31.2 Å². The lowest BCUT2D eigenvalue weighted by Crippen LogP contribution is -2.19. The highest BCUT2D eigenvalue weighted by atomic mass is 16.5. The minimum atomic E-state index is -0.348. The van der Waals surface area contributed by atoms with Gasteiger partial charge in [-0.1, -0.05) is 17.3 Å². The summed E-state index contributed by atoms with van der Waals surface area (Å²) in [5, 5.41) is 8.79. The Kier molecular flexibility index (Phi) is 2.86.